The maximum atomic E-state index is 12.7. The van der Waals surface area contributed by atoms with Crippen molar-refractivity contribution in [3.8, 4) is 11.8 Å². The largest absolute Gasteiger partial charge is 0.469 e. The van der Waals surface area contributed by atoms with E-state index < -0.39 is 22.5 Å². The van der Waals surface area contributed by atoms with Crippen LogP contribution in [0.2, 0.25) is 0 Å². The van der Waals surface area contributed by atoms with E-state index in [-0.39, 0.29) is 5.75 Å². The zero-order valence-electron chi connectivity index (χ0n) is 7.81. The van der Waals surface area contributed by atoms with Crippen LogP contribution in [0.15, 0.2) is 18.2 Å². The van der Waals surface area contributed by atoms with Crippen molar-refractivity contribution in [1.82, 2.24) is 0 Å². The van der Waals surface area contributed by atoms with E-state index >= 15 is 0 Å². The summed E-state index contributed by atoms with van der Waals surface area (Å²) in [5.74, 6) is -0.839. The normalized spacial score (nSPS) is 11.5. The highest BCUT2D eigenvalue weighted by Crippen LogP contribution is 2.28. The lowest BCUT2D eigenvalue weighted by Gasteiger charge is -2.07. The summed E-state index contributed by atoms with van der Waals surface area (Å²) in [7, 11) is 0. The third kappa shape index (κ3) is 2.64. The molecule has 15 heavy (non-hydrogen) atoms. The fraction of sp³-hybridized carbons (Fsp3) is 0.222. The highest BCUT2D eigenvalue weighted by atomic mass is 19.1. The zero-order chi connectivity index (χ0) is 11.4. The van der Waals surface area contributed by atoms with Crippen LogP contribution in [0, 0.1) is 27.3 Å². The van der Waals surface area contributed by atoms with Crippen molar-refractivity contribution in [1.29, 1.82) is 5.26 Å². The monoisotopic (exact) mass is 210 g/mol. The van der Waals surface area contributed by atoms with E-state index in [9.17, 15) is 14.5 Å². The van der Waals surface area contributed by atoms with Gasteiger partial charge in [-0.3, -0.25) is 10.1 Å². The average Bonchev–Trinajstić information content (AvgIpc) is 2.20. The number of rotatable bonds is 3. The molecule has 0 saturated heterocycles. The molecule has 0 fully saturated rings. The number of halogens is 1. The minimum absolute atomic E-state index is 0.115. The van der Waals surface area contributed by atoms with Crippen LogP contribution >= 0.6 is 0 Å². The van der Waals surface area contributed by atoms with Crippen LogP contribution in [0.3, 0.4) is 0 Å². The summed E-state index contributed by atoms with van der Waals surface area (Å²) in [5.41, 5.74) is -0.489. The van der Waals surface area contributed by atoms with E-state index in [0.717, 1.165) is 18.2 Å². The second-order valence-corrected chi connectivity index (χ2v) is 2.76. The Hall–Kier alpha value is -2.16. The van der Waals surface area contributed by atoms with Gasteiger partial charge in [-0.15, -0.1) is 0 Å². The lowest BCUT2D eigenvalue weighted by Crippen LogP contribution is -2.09. The average molecular weight is 210 g/mol. The van der Waals surface area contributed by atoms with Gasteiger partial charge in [0.25, 0.3) is 0 Å². The van der Waals surface area contributed by atoms with Gasteiger partial charge in [0.05, 0.1) is 11.0 Å². The summed E-state index contributed by atoms with van der Waals surface area (Å²) in [5, 5.41) is 19.0. The number of hydrogen-bond donors (Lipinski definition) is 0. The number of benzene rings is 1. The molecular formula is C9H7FN2O3. The maximum absolute atomic E-state index is 12.7. The molecule has 1 unspecified atom stereocenters. The van der Waals surface area contributed by atoms with Gasteiger partial charge < -0.3 is 4.74 Å². The number of nitro groups is 1. The van der Waals surface area contributed by atoms with Crippen molar-refractivity contribution in [2.24, 2.45) is 0 Å². The highest BCUT2D eigenvalue weighted by Gasteiger charge is 2.17. The van der Waals surface area contributed by atoms with Crippen LogP contribution in [0.5, 0.6) is 5.75 Å². The standard InChI is InChI=1S/C9H7FN2O3/c1-6(5-11)15-9-3-2-7(10)4-8(9)12(13)14/h2-4,6H,1H3. The fourth-order valence-corrected chi connectivity index (χ4v) is 0.950. The van der Waals surface area contributed by atoms with E-state index in [4.69, 9.17) is 10.00 Å². The SMILES string of the molecule is CC(C#N)Oc1ccc(F)cc1[N+](=O)[O-]. The molecule has 0 bridgehead atoms. The molecule has 0 N–H and O–H groups in total. The summed E-state index contributed by atoms with van der Waals surface area (Å²) < 4.78 is 17.6. The molecule has 0 heterocycles. The van der Waals surface area contributed by atoms with Crippen LogP contribution in [-0.2, 0) is 0 Å². The van der Waals surface area contributed by atoms with E-state index in [0.29, 0.717) is 0 Å². The van der Waals surface area contributed by atoms with Crippen LogP contribution in [0.25, 0.3) is 0 Å². The molecule has 0 radical (unpaired) electrons. The van der Waals surface area contributed by atoms with E-state index in [2.05, 4.69) is 0 Å². The van der Waals surface area contributed by atoms with Crippen LogP contribution in [-0.4, -0.2) is 11.0 Å². The van der Waals surface area contributed by atoms with Crippen molar-refractivity contribution < 1.29 is 14.1 Å². The molecule has 1 aromatic carbocycles. The van der Waals surface area contributed by atoms with E-state index in [1.807, 2.05) is 0 Å². The van der Waals surface area contributed by atoms with Crippen LogP contribution in [0.4, 0.5) is 10.1 Å². The number of nitrogens with zero attached hydrogens (tertiary/aromatic N) is 2. The van der Waals surface area contributed by atoms with Gasteiger partial charge >= 0.3 is 5.69 Å². The fourth-order valence-electron chi connectivity index (χ4n) is 0.950. The number of nitriles is 1. The molecule has 0 amide bonds. The Labute approximate surface area is 84.9 Å². The van der Waals surface area contributed by atoms with Gasteiger partial charge in [-0.1, -0.05) is 0 Å². The van der Waals surface area contributed by atoms with Gasteiger partial charge in [0, 0.05) is 0 Å². The van der Waals surface area contributed by atoms with Gasteiger partial charge in [-0.25, -0.2) is 4.39 Å². The van der Waals surface area contributed by atoms with E-state index in [1.165, 1.54) is 6.92 Å². The molecule has 5 nitrogen and oxygen atoms in total. The Morgan fingerprint density at radius 1 is 1.67 bits per heavy atom. The smallest absolute Gasteiger partial charge is 0.313 e. The first-order valence-electron chi connectivity index (χ1n) is 4.05. The molecule has 1 rings (SSSR count). The minimum atomic E-state index is -0.825. The van der Waals surface area contributed by atoms with Crippen molar-refractivity contribution in [2.45, 2.75) is 13.0 Å². The second kappa shape index (κ2) is 4.37. The van der Waals surface area contributed by atoms with Gasteiger partial charge in [0.1, 0.15) is 11.9 Å². The Morgan fingerprint density at radius 3 is 2.87 bits per heavy atom. The number of nitro benzene ring substituents is 1. The molecule has 0 aromatic heterocycles. The van der Waals surface area contributed by atoms with Crippen molar-refractivity contribution >= 4 is 5.69 Å². The summed E-state index contributed by atoms with van der Waals surface area (Å²) in [6.07, 6.45) is -0.825. The zero-order valence-corrected chi connectivity index (χ0v) is 7.81. The Bertz CT molecular complexity index is 428. The van der Waals surface area contributed by atoms with Crippen molar-refractivity contribution in [2.75, 3.05) is 0 Å². The Kier molecular flexibility index (Phi) is 3.18. The van der Waals surface area contributed by atoms with Gasteiger partial charge in [-0.2, -0.15) is 5.26 Å². The number of ether oxygens (including phenoxy) is 1. The van der Waals surface area contributed by atoms with Gasteiger partial charge in [0.15, 0.2) is 11.9 Å². The molecular weight excluding hydrogens is 203 g/mol. The molecule has 0 saturated carbocycles. The van der Waals surface area contributed by atoms with E-state index in [1.54, 1.807) is 6.07 Å². The topological polar surface area (TPSA) is 76.2 Å². The molecule has 6 heteroatoms. The molecule has 0 aliphatic rings. The van der Waals surface area contributed by atoms with Crippen molar-refractivity contribution in [3.05, 3.63) is 34.1 Å². The predicted octanol–water partition coefficient (Wildman–Crippen LogP) is 2.02. The maximum Gasteiger partial charge on any atom is 0.313 e. The lowest BCUT2D eigenvalue weighted by atomic mass is 10.3. The predicted molar refractivity (Wildman–Crippen MR) is 48.8 cm³/mol. The summed E-state index contributed by atoms with van der Waals surface area (Å²) >= 11 is 0. The van der Waals surface area contributed by atoms with Crippen LogP contribution in [0.1, 0.15) is 6.92 Å². The van der Waals surface area contributed by atoms with Gasteiger partial charge in [0.2, 0.25) is 0 Å². The second-order valence-electron chi connectivity index (χ2n) is 2.76. The first kappa shape index (κ1) is 10.9. The van der Waals surface area contributed by atoms with Crippen LogP contribution < -0.4 is 4.74 Å². The number of hydrogen-bond acceptors (Lipinski definition) is 4. The quantitative estimate of drug-likeness (QED) is 0.564. The first-order chi connectivity index (χ1) is 7.04. The minimum Gasteiger partial charge on any atom is -0.469 e. The summed E-state index contributed by atoms with van der Waals surface area (Å²) in [4.78, 5) is 9.76. The third-order valence-corrected chi connectivity index (χ3v) is 1.60. The molecule has 78 valence electrons. The lowest BCUT2D eigenvalue weighted by molar-refractivity contribution is -0.386. The highest BCUT2D eigenvalue weighted by molar-refractivity contribution is 5.46. The molecule has 0 aliphatic heterocycles. The molecule has 1 aromatic rings. The third-order valence-electron chi connectivity index (χ3n) is 1.60. The molecule has 0 spiro atoms. The summed E-state index contributed by atoms with van der Waals surface area (Å²) in [6, 6.07) is 4.67. The van der Waals surface area contributed by atoms with Crippen molar-refractivity contribution in [3.63, 3.8) is 0 Å². The first-order valence-corrected chi connectivity index (χ1v) is 4.05. The Morgan fingerprint density at radius 2 is 2.33 bits per heavy atom. The molecule has 1 atom stereocenters. The Balaban J connectivity index is 3.07. The summed E-state index contributed by atoms with van der Waals surface area (Å²) in [6.45, 7) is 1.44. The van der Waals surface area contributed by atoms with Gasteiger partial charge in [-0.05, 0) is 19.1 Å². The molecule has 0 aliphatic carbocycles.